The molecule has 1 aliphatic rings. The summed E-state index contributed by atoms with van der Waals surface area (Å²) in [4.78, 5) is 52.7. The Kier molecular flexibility index (Phi) is 11.5. The van der Waals surface area contributed by atoms with Gasteiger partial charge in [0.05, 0.1) is 25.6 Å². The van der Waals surface area contributed by atoms with E-state index in [2.05, 4.69) is 0 Å². The van der Waals surface area contributed by atoms with Crippen molar-refractivity contribution in [3.8, 4) is 0 Å². The maximum absolute atomic E-state index is 12.2. The number of nitrogens with zero attached hydrogens (tertiary/aromatic N) is 4. The van der Waals surface area contributed by atoms with Crippen LogP contribution < -0.4 is 5.11 Å². The molecule has 30 heavy (non-hydrogen) atoms. The fourth-order valence-corrected chi connectivity index (χ4v) is 3.18. The lowest BCUT2D eigenvalue weighted by atomic mass is 10.1. The Labute approximate surface area is 176 Å². The average Bonchev–Trinajstić information content (AvgIpc) is 2.62. The molecule has 11 heteroatoms. The first-order valence-corrected chi connectivity index (χ1v) is 10.1. The largest absolute Gasteiger partial charge is 0.549 e. The predicted octanol–water partition coefficient (Wildman–Crippen LogP) is -2.65. The molecule has 0 bridgehead atoms. The highest BCUT2D eigenvalue weighted by molar-refractivity contribution is 5.82. The molecule has 11 nitrogen and oxygen atoms in total. The van der Waals surface area contributed by atoms with E-state index in [4.69, 9.17) is 5.11 Å². The zero-order valence-electron chi connectivity index (χ0n) is 17.8. The zero-order valence-corrected chi connectivity index (χ0v) is 17.8. The Morgan fingerprint density at radius 1 is 0.667 bits per heavy atom. The summed E-state index contributed by atoms with van der Waals surface area (Å²) in [6.07, 6.45) is 0. The number of hydrogen-bond acceptors (Lipinski definition) is 9. The molecule has 0 radical (unpaired) electrons. The number of ketones is 1. The van der Waals surface area contributed by atoms with Crippen LogP contribution in [0.1, 0.15) is 13.8 Å². The van der Waals surface area contributed by atoms with Crippen molar-refractivity contribution in [1.82, 2.24) is 19.6 Å². The lowest BCUT2D eigenvalue weighted by Crippen LogP contribution is -2.50. The molecule has 0 saturated carbocycles. The monoisotopic (exact) mass is 429 g/mol. The number of aliphatic carboxylic acids is 3. The van der Waals surface area contributed by atoms with Gasteiger partial charge < -0.3 is 20.1 Å². The van der Waals surface area contributed by atoms with Crippen LogP contribution in [0.5, 0.6) is 0 Å². The third-order valence-electron chi connectivity index (χ3n) is 5.02. The Morgan fingerprint density at radius 3 is 1.23 bits per heavy atom. The van der Waals surface area contributed by atoms with Crippen molar-refractivity contribution in [3.05, 3.63) is 0 Å². The van der Waals surface area contributed by atoms with Crippen LogP contribution >= 0.6 is 0 Å². The molecular formula is C19H33N4O7-. The SMILES string of the molecule is CC(C)C(=O)CN1CCN(CC(=O)[O-])CCN(CC(=O)O)CCN(CC(=O)O)CC1. The molecule has 1 fully saturated rings. The molecule has 0 aromatic heterocycles. The summed E-state index contributed by atoms with van der Waals surface area (Å²) < 4.78 is 0. The molecule has 172 valence electrons. The molecule has 0 aromatic rings. The minimum absolute atomic E-state index is 0.0611. The van der Waals surface area contributed by atoms with Gasteiger partial charge in [0, 0.05) is 64.8 Å². The Bertz CT molecular complexity index is 567. The van der Waals surface area contributed by atoms with E-state index in [-0.39, 0.29) is 37.9 Å². The van der Waals surface area contributed by atoms with E-state index < -0.39 is 17.9 Å². The van der Waals surface area contributed by atoms with Crippen molar-refractivity contribution >= 4 is 23.7 Å². The van der Waals surface area contributed by atoms with E-state index >= 15 is 0 Å². The summed E-state index contributed by atoms with van der Waals surface area (Å²) in [6.45, 7) is 6.17. The molecule has 1 rings (SSSR count). The maximum atomic E-state index is 12.2. The van der Waals surface area contributed by atoms with Gasteiger partial charge in [-0.1, -0.05) is 13.8 Å². The van der Waals surface area contributed by atoms with E-state index in [0.717, 1.165) is 0 Å². The summed E-state index contributed by atoms with van der Waals surface area (Å²) >= 11 is 0. The highest BCUT2D eigenvalue weighted by Gasteiger charge is 2.20. The van der Waals surface area contributed by atoms with Gasteiger partial charge in [0.15, 0.2) is 0 Å². The molecule has 0 aliphatic carbocycles. The summed E-state index contributed by atoms with van der Waals surface area (Å²) in [5.41, 5.74) is 0. The van der Waals surface area contributed by atoms with E-state index in [1.165, 1.54) is 0 Å². The van der Waals surface area contributed by atoms with Gasteiger partial charge in [0.25, 0.3) is 0 Å². The second-order valence-corrected chi connectivity index (χ2v) is 7.89. The van der Waals surface area contributed by atoms with Crippen molar-refractivity contribution in [2.75, 3.05) is 78.5 Å². The van der Waals surface area contributed by atoms with Crippen LogP contribution in [0.2, 0.25) is 0 Å². The van der Waals surface area contributed by atoms with Crippen molar-refractivity contribution in [2.45, 2.75) is 13.8 Å². The Balaban J connectivity index is 2.95. The summed E-state index contributed by atoms with van der Waals surface area (Å²) in [6, 6.07) is 0. The number of carboxylic acids is 3. The van der Waals surface area contributed by atoms with Gasteiger partial charge in [-0.25, -0.2) is 0 Å². The van der Waals surface area contributed by atoms with Crippen molar-refractivity contribution in [1.29, 1.82) is 0 Å². The van der Waals surface area contributed by atoms with Crippen LogP contribution in [0.15, 0.2) is 0 Å². The number of Topliss-reactive ketones (excluding diaryl/α,β-unsaturated/α-hetero) is 1. The van der Waals surface area contributed by atoms with Gasteiger partial charge in [-0.05, 0) is 0 Å². The molecule has 0 amide bonds. The first-order valence-electron chi connectivity index (χ1n) is 10.1. The van der Waals surface area contributed by atoms with Crippen LogP contribution in [-0.2, 0) is 19.2 Å². The van der Waals surface area contributed by atoms with Gasteiger partial charge in [-0.15, -0.1) is 0 Å². The topological polar surface area (TPSA) is 145 Å². The van der Waals surface area contributed by atoms with Crippen LogP contribution in [-0.4, -0.2) is 132 Å². The minimum Gasteiger partial charge on any atom is -0.549 e. The lowest BCUT2D eigenvalue weighted by molar-refractivity contribution is -0.306. The van der Waals surface area contributed by atoms with Crippen LogP contribution in [0.4, 0.5) is 0 Å². The average molecular weight is 429 g/mol. The van der Waals surface area contributed by atoms with Crippen molar-refractivity contribution in [3.63, 3.8) is 0 Å². The molecule has 0 unspecified atom stereocenters. The number of hydrogen-bond donors (Lipinski definition) is 2. The Morgan fingerprint density at radius 2 is 0.967 bits per heavy atom. The molecule has 1 saturated heterocycles. The molecule has 0 atom stereocenters. The van der Waals surface area contributed by atoms with E-state index in [9.17, 15) is 29.4 Å². The normalized spacial score (nSPS) is 19.2. The van der Waals surface area contributed by atoms with E-state index in [1.54, 1.807) is 14.7 Å². The molecule has 0 spiro atoms. The smallest absolute Gasteiger partial charge is 0.317 e. The first kappa shape index (κ1) is 26.0. The summed E-state index contributed by atoms with van der Waals surface area (Å²) in [5, 5.41) is 29.4. The highest BCUT2D eigenvalue weighted by atomic mass is 16.4. The predicted molar refractivity (Wildman–Crippen MR) is 106 cm³/mol. The van der Waals surface area contributed by atoms with Crippen molar-refractivity contribution in [2.24, 2.45) is 5.92 Å². The van der Waals surface area contributed by atoms with Gasteiger partial charge in [0.1, 0.15) is 5.78 Å². The highest BCUT2D eigenvalue weighted by Crippen LogP contribution is 2.03. The Hall–Kier alpha value is -2.08. The van der Waals surface area contributed by atoms with Gasteiger partial charge >= 0.3 is 11.9 Å². The fraction of sp³-hybridized carbons (Fsp3) is 0.789. The number of carbonyl (C=O) groups is 4. The summed E-state index contributed by atoms with van der Waals surface area (Å²) in [7, 11) is 0. The summed E-state index contributed by atoms with van der Waals surface area (Å²) in [5.74, 6) is -3.27. The third-order valence-corrected chi connectivity index (χ3v) is 5.02. The molecule has 0 aromatic carbocycles. The van der Waals surface area contributed by atoms with Gasteiger partial charge in [0.2, 0.25) is 0 Å². The maximum Gasteiger partial charge on any atom is 0.317 e. The van der Waals surface area contributed by atoms with Crippen LogP contribution in [0.25, 0.3) is 0 Å². The minimum atomic E-state index is -1.22. The third kappa shape index (κ3) is 11.2. The van der Waals surface area contributed by atoms with Crippen molar-refractivity contribution < 1.29 is 34.5 Å². The lowest BCUT2D eigenvalue weighted by Gasteiger charge is -2.33. The van der Waals surface area contributed by atoms with E-state index in [0.29, 0.717) is 52.4 Å². The van der Waals surface area contributed by atoms with Crippen LogP contribution in [0.3, 0.4) is 0 Å². The molecule has 2 N–H and O–H groups in total. The number of rotatable bonds is 9. The molecular weight excluding hydrogens is 396 g/mol. The van der Waals surface area contributed by atoms with Crippen LogP contribution in [0, 0.1) is 5.92 Å². The molecule has 1 heterocycles. The standard InChI is InChI=1S/C19H34N4O7/c1-15(2)16(24)11-20-3-5-21(12-17(25)26)7-9-23(14-19(29)30)10-8-22(6-4-20)13-18(27)28/h15H,3-14H2,1-2H3,(H,25,26)(H,27,28)(H,29,30)/p-1. The molecule has 1 aliphatic heterocycles. The quantitative estimate of drug-likeness (QED) is 0.396. The number of carbonyl (C=O) groups excluding carboxylic acids is 2. The second kappa shape index (κ2) is 13.3. The van der Waals surface area contributed by atoms with Gasteiger partial charge in [-0.2, -0.15) is 0 Å². The van der Waals surface area contributed by atoms with Gasteiger partial charge in [-0.3, -0.25) is 34.0 Å². The second-order valence-electron chi connectivity index (χ2n) is 7.89. The zero-order chi connectivity index (χ0) is 22.7. The fourth-order valence-electron chi connectivity index (χ4n) is 3.18. The van der Waals surface area contributed by atoms with E-state index in [1.807, 2.05) is 18.7 Å². The number of carboxylic acid groups (broad SMARTS) is 3. The first-order chi connectivity index (χ1) is 14.1.